The molecule has 1 aliphatic rings. The first-order valence-corrected chi connectivity index (χ1v) is 6.93. The van der Waals surface area contributed by atoms with Gasteiger partial charge in [0.25, 0.3) is 0 Å². The van der Waals surface area contributed by atoms with Crippen molar-refractivity contribution in [3.05, 3.63) is 56.2 Å². The first-order valence-electron chi connectivity index (χ1n) is 5.73. The number of aldehydes is 1. The van der Waals surface area contributed by atoms with Crippen molar-refractivity contribution in [2.24, 2.45) is 0 Å². The van der Waals surface area contributed by atoms with Crippen molar-refractivity contribution in [1.82, 2.24) is 0 Å². The van der Waals surface area contributed by atoms with Gasteiger partial charge in [0.05, 0.1) is 15.8 Å². The molecule has 2 heterocycles. The highest BCUT2D eigenvalue weighted by Crippen LogP contribution is 2.39. The molecule has 0 radical (unpaired) electrons. The molecule has 92 valence electrons. The molecular weight excluding hydrogens is 268 g/mol. The zero-order chi connectivity index (χ0) is 12.5. The van der Waals surface area contributed by atoms with Gasteiger partial charge in [-0.3, -0.25) is 4.79 Å². The van der Waals surface area contributed by atoms with Crippen molar-refractivity contribution in [2.45, 2.75) is 12.5 Å². The van der Waals surface area contributed by atoms with Gasteiger partial charge in [-0.25, -0.2) is 0 Å². The van der Waals surface area contributed by atoms with Crippen LogP contribution < -0.4 is 0 Å². The van der Waals surface area contributed by atoms with E-state index in [1.54, 1.807) is 0 Å². The minimum atomic E-state index is -0.146. The molecule has 0 saturated carbocycles. The molecular formula is C14H11ClO2S. The van der Waals surface area contributed by atoms with E-state index in [2.05, 4.69) is 12.1 Å². The summed E-state index contributed by atoms with van der Waals surface area (Å²) < 4.78 is 6.47. The van der Waals surface area contributed by atoms with Gasteiger partial charge in [-0.2, -0.15) is 0 Å². The zero-order valence-electron chi connectivity index (χ0n) is 9.56. The number of ether oxygens (including phenoxy) is 1. The van der Waals surface area contributed by atoms with Crippen molar-refractivity contribution in [3.63, 3.8) is 0 Å². The number of benzene rings is 1. The number of carbonyl (C=O) groups is 1. The van der Waals surface area contributed by atoms with Crippen molar-refractivity contribution in [2.75, 3.05) is 6.61 Å². The summed E-state index contributed by atoms with van der Waals surface area (Å²) in [7, 11) is 0. The predicted molar refractivity (Wildman–Crippen MR) is 72.7 cm³/mol. The maximum atomic E-state index is 10.8. The minimum Gasteiger partial charge on any atom is -0.368 e. The minimum absolute atomic E-state index is 0.146. The summed E-state index contributed by atoms with van der Waals surface area (Å²) >= 11 is 7.50. The zero-order valence-corrected chi connectivity index (χ0v) is 11.1. The Morgan fingerprint density at radius 3 is 2.94 bits per heavy atom. The summed E-state index contributed by atoms with van der Waals surface area (Å²) in [5.74, 6) is 0. The van der Waals surface area contributed by atoms with E-state index in [-0.39, 0.29) is 6.10 Å². The first kappa shape index (κ1) is 11.9. The summed E-state index contributed by atoms with van der Waals surface area (Å²) in [6.45, 7) is 0.685. The number of thiophene rings is 1. The summed E-state index contributed by atoms with van der Waals surface area (Å²) in [5, 5.41) is 0. The average molecular weight is 279 g/mol. The molecule has 0 bridgehead atoms. The molecule has 1 atom stereocenters. The molecule has 1 aliphatic heterocycles. The largest absolute Gasteiger partial charge is 0.368 e. The third kappa shape index (κ3) is 1.99. The van der Waals surface area contributed by atoms with Gasteiger partial charge in [0.15, 0.2) is 6.29 Å². The third-order valence-electron chi connectivity index (χ3n) is 3.12. The molecule has 0 aliphatic carbocycles. The molecule has 0 saturated heterocycles. The van der Waals surface area contributed by atoms with Crippen LogP contribution in [0.15, 0.2) is 30.3 Å². The lowest BCUT2D eigenvalue weighted by Crippen LogP contribution is -2.16. The van der Waals surface area contributed by atoms with Gasteiger partial charge >= 0.3 is 0 Å². The van der Waals surface area contributed by atoms with Crippen LogP contribution in [0.4, 0.5) is 0 Å². The van der Waals surface area contributed by atoms with Gasteiger partial charge in [-0.1, -0.05) is 35.9 Å². The molecule has 18 heavy (non-hydrogen) atoms. The van der Waals surface area contributed by atoms with E-state index >= 15 is 0 Å². The number of hydrogen-bond acceptors (Lipinski definition) is 3. The molecule has 2 aromatic rings. The molecule has 0 spiro atoms. The fraction of sp³-hybridized carbons (Fsp3) is 0.214. The Hall–Kier alpha value is -1.16. The Balaban J connectivity index is 2.07. The van der Waals surface area contributed by atoms with Crippen LogP contribution in [-0.2, 0) is 11.2 Å². The van der Waals surface area contributed by atoms with E-state index in [9.17, 15) is 4.79 Å². The van der Waals surface area contributed by atoms with E-state index in [4.69, 9.17) is 16.3 Å². The fourth-order valence-electron chi connectivity index (χ4n) is 2.29. The SMILES string of the molecule is O=Cc1cc(C2OCCc3ccccc32)c(Cl)s1. The maximum absolute atomic E-state index is 10.8. The van der Waals surface area contributed by atoms with Crippen molar-refractivity contribution < 1.29 is 9.53 Å². The highest BCUT2D eigenvalue weighted by Gasteiger charge is 2.25. The lowest BCUT2D eigenvalue weighted by atomic mass is 9.94. The van der Waals surface area contributed by atoms with E-state index in [0.29, 0.717) is 15.8 Å². The second-order valence-corrected chi connectivity index (χ2v) is 5.88. The van der Waals surface area contributed by atoms with E-state index in [1.165, 1.54) is 16.9 Å². The van der Waals surface area contributed by atoms with Gasteiger partial charge in [-0.15, -0.1) is 11.3 Å². The number of rotatable bonds is 2. The number of carbonyl (C=O) groups excluding carboxylic acids is 1. The smallest absolute Gasteiger partial charge is 0.160 e. The first-order chi connectivity index (χ1) is 8.79. The Labute approximate surface area is 114 Å². The molecule has 2 nitrogen and oxygen atoms in total. The van der Waals surface area contributed by atoms with Gasteiger partial charge < -0.3 is 4.74 Å². The Bertz CT molecular complexity index is 591. The molecule has 1 unspecified atom stereocenters. The van der Waals surface area contributed by atoms with Gasteiger partial charge in [0.2, 0.25) is 0 Å². The Kier molecular flexibility index (Phi) is 3.20. The normalized spacial score (nSPS) is 18.4. The standard InChI is InChI=1S/C14H11ClO2S/c15-14-12(7-10(8-16)18-14)13-11-4-2-1-3-9(11)5-6-17-13/h1-4,7-8,13H,5-6H2. The topological polar surface area (TPSA) is 26.3 Å². The van der Waals surface area contributed by atoms with E-state index in [0.717, 1.165) is 23.8 Å². The summed E-state index contributed by atoms with van der Waals surface area (Å²) in [5.41, 5.74) is 3.35. The van der Waals surface area contributed by atoms with Gasteiger partial charge in [-0.05, 0) is 23.6 Å². The average Bonchev–Trinajstić information content (AvgIpc) is 2.79. The molecule has 0 fully saturated rings. The van der Waals surface area contributed by atoms with Crippen molar-refractivity contribution in [1.29, 1.82) is 0 Å². The number of hydrogen-bond donors (Lipinski definition) is 0. The van der Waals surface area contributed by atoms with E-state index in [1.807, 2.05) is 18.2 Å². The van der Waals surface area contributed by atoms with Crippen LogP contribution >= 0.6 is 22.9 Å². The molecule has 0 amide bonds. The summed E-state index contributed by atoms with van der Waals surface area (Å²) in [6.07, 6.45) is 1.61. The molecule has 3 rings (SSSR count). The van der Waals surface area contributed by atoms with Crippen LogP contribution in [0, 0.1) is 0 Å². The Morgan fingerprint density at radius 2 is 2.17 bits per heavy atom. The van der Waals surface area contributed by atoms with Crippen molar-refractivity contribution >= 4 is 29.2 Å². The molecule has 0 N–H and O–H groups in total. The van der Waals surface area contributed by atoms with Crippen LogP contribution in [0.5, 0.6) is 0 Å². The van der Waals surface area contributed by atoms with Gasteiger partial charge in [0, 0.05) is 5.56 Å². The van der Waals surface area contributed by atoms with Crippen LogP contribution in [0.2, 0.25) is 4.34 Å². The number of halogens is 1. The molecule has 1 aromatic heterocycles. The fourth-order valence-corrected chi connectivity index (χ4v) is 3.44. The number of fused-ring (bicyclic) bond motifs is 1. The maximum Gasteiger partial charge on any atom is 0.160 e. The predicted octanol–water partition coefficient (Wildman–Crippen LogP) is 3.88. The second kappa shape index (κ2) is 4.84. The monoisotopic (exact) mass is 278 g/mol. The quantitative estimate of drug-likeness (QED) is 0.780. The van der Waals surface area contributed by atoms with Crippen LogP contribution in [0.25, 0.3) is 0 Å². The van der Waals surface area contributed by atoms with Crippen molar-refractivity contribution in [3.8, 4) is 0 Å². The summed E-state index contributed by atoms with van der Waals surface area (Å²) in [4.78, 5) is 11.5. The van der Waals surface area contributed by atoms with Crippen LogP contribution in [0.1, 0.15) is 32.5 Å². The van der Waals surface area contributed by atoms with Crippen LogP contribution in [0.3, 0.4) is 0 Å². The van der Waals surface area contributed by atoms with Gasteiger partial charge in [0.1, 0.15) is 6.10 Å². The highest BCUT2D eigenvalue weighted by molar-refractivity contribution is 7.17. The van der Waals surface area contributed by atoms with Crippen LogP contribution in [-0.4, -0.2) is 12.9 Å². The molecule has 1 aromatic carbocycles. The summed E-state index contributed by atoms with van der Waals surface area (Å²) in [6, 6.07) is 10.0. The second-order valence-electron chi connectivity index (χ2n) is 4.20. The molecule has 4 heteroatoms. The highest BCUT2D eigenvalue weighted by atomic mass is 35.5. The Morgan fingerprint density at radius 1 is 1.33 bits per heavy atom. The lowest BCUT2D eigenvalue weighted by Gasteiger charge is -2.25. The van der Waals surface area contributed by atoms with E-state index < -0.39 is 0 Å². The third-order valence-corrected chi connectivity index (χ3v) is 4.44. The lowest BCUT2D eigenvalue weighted by molar-refractivity contribution is 0.0701.